The SMILES string of the molecule is C[C@@H](C(=O)N[C@@H]1CCOC(C)(C)C1)N1Cc2ccccc2C1=O. The monoisotopic (exact) mass is 316 g/mol. The second-order valence-electron chi connectivity index (χ2n) is 7.07. The van der Waals surface area contributed by atoms with E-state index in [4.69, 9.17) is 4.74 Å². The number of nitrogens with zero attached hydrogens (tertiary/aromatic N) is 1. The maximum Gasteiger partial charge on any atom is 0.255 e. The Bertz CT molecular complexity index is 626. The maximum absolute atomic E-state index is 12.6. The molecular formula is C18H24N2O3. The average Bonchev–Trinajstić information content (AvgIpc) is 2.83. The fourth-order valence-corrected chi connectivity index (χ4v) is 3.41. The highest BCUT2D eigenvalue weighted by atomic mass is 16.5. The van der Waals surface area contributed by atoms with Crippen molar-refractivity contribution in [2.75, 3.05) is 6.61 Å². The van der Waals surface area contributed by atoms with Crippen molar-refractivity contribution in [1.82, 2.24) is 10.2 Å². The van der Waals surface area contributed by atoms with E-state index >= 15 is 0 Å². The lowest BCUT2D eigenvalue weighted by Crippen LogP contribution is -2.51. The van der Waals surface area contributed by atoms with Gasteiger partial charge in [-0.15, -0.1) is 0 Å². The van der Waals surface area contributed by atoms with Gasteiger partial charge in [-0.3, -0.25) is 9.59 Å². The highest BCUT2D eigenvalue weighted by molar-refractivity contribution is 6.01. The van der Waals surface area contributed by atoms with Crippen LogP contribution in [0, 0.1) is 0 Å². The Morgan fingerprint density at radius 3 is 2.83 bits per heavy atom. The van der Waals surface area contributed by atoms with Gasteiger partial charge in [0.2, 0.25) is 5.91 Å². The summed E-state index contributed by atoms with van der Waals surface area (Å²) in [6.07, 6.45) is 1.61. The van der Waals surface area contributed by atoms with Gasteiger partial charge in [0.25, 0.3) is 5.91 Å². The van der Waals surface area contributed by atoms with Crippen molar-refractivity contribution in [3.05, 3.63) is 35.4 Å². The third kappa shape index (κ3) is 3.24. The number of rotatable bonds is 3. The smallest absolute Gasteiger partial charge is 0.255 e. The minimum absolute atomic E-state index is 0.0597. The summed E-state index contributed by atoms with van der Waals surface area (Å²) in [5.74, 6) is -0.149. The van der Waals surface area contributed by atoms with Crippen molar-refractivity contribution in [1.29, 1.82) is 0 Å². The Morgan fingerprint density at radius 1 is 1.39 bits per heavy atom. The third-order valence-corrected chi connectivity index (χ3v) is 4.74. The fraction of sp³-hybridized carbons (Fsp3) is 0.556. The van der Waals surface area contributed by atoms with Gasteiger partial charge in [-0.25, -0.2) is 0 Å². The molecular weight excluding hydrogens is 292 g/mol. The van der Waals surface area contributed by atoms with Crippen molar-refractivity contribution < 1.29 is 14.3 Å². The Morgan fingerprint density at radius 2 is 2.13 bits per heavy atom. The molecule has 5 nitrogen and oxygen atoms in total. The van der Waals surface area contributed by atoms with Crippen molar-refractivity contribution >= 4 is 11.8 Å². The first-order chi connectivity index (χ1) is 10.9. The number of hydrogen-bond donors (Lipinski definition) is 1. The number of amides is 2. The van der Waals surface area contributed by atoms with Crippen molar-refractivity contribution in [3.63, 3.8) is 0 Å². The van der Waals surface area contributed by atoms with Crippen LogP contribution in [0.3, 0.4) is 0 Å². The Hall–Kier alpha value is -1.88. The summed E-state index contributed by atoms with van der Waals surface area (Å²) in [6.45, 7) is 7.03. The normalized spacial score (nSPS) is 24.2. The van der Waals surface area contributed by atoms with Crippen LogP contribution in [-0.2, 0) is 16.1 Å². The molecule has 2 heterocycles. The molecule has 1 saturated heterocycles. The van der Waals surface area contributed by atoms with Gasteiger partial charge in [-0.1, -0.05) is 18.2 Å². The molecule has 1 aromatic rings. The highest BCUT2D eigenvalue weighted by Gasteiger charge is 2.35. The zero-order valence-corrected chi connectivity index (χ0v) is 14.0. The van der Waals surface area contributed by atoms with Crippen LogP contribution in [0.2, 0.25) is 0 Å². The maximum atomic E-state index is 12.6. The van der Waals surface area contributed by atoms with Crippen molar-refractivity contribution in [3.8, 4) is 0 Å². The lowest BCUT2D eigenvalue weighted by molar-refractivity contribution is -0.128. The molecule has 1 N–H and O–H groups in total. The van der Waals surface area contributed by atoms with Gasteiger partial charge in [-0.2, -0.15) is 0 Å². The highest BCUT2D eigenvalue weighted by Crippen LogP contribution is 2.26. The molecule has 0 saturated carbocycles. The van der Waals surface area contributed by atoms with E-state index in [9.17, 15) is 9.59 Å². The first kappa shape index (κ1) is 16.0. The van der Waals surface area contributed by atoms with Gasteiger partial charge in [0.15, 0.2) is 0 Å². The van der Waals surface area contributed by atoms with Gasteiger partial charge in [0.05, 0.1) is 5.60 Å². The van der Waals surface area contributed by atoms with Crippen LogP contribution in [0.4, 0.5) is 0 Å². The van der Waals surface area contributed by atoms with E-state index in [0.29, 0.717) is 18.7 Å². The Balaban J connectivity index is 1.64. The Labute approximate surface area is 137 Å². The topological polar surface area (TPSA) is 58.6 Å². The number of ether oxygens (including phenoxy) is 1. The second kappa shape index (κ2) is 5.96. The standard InChI is InChI=1S/C18H24N2O3/c1-12(16(21)19-14-8-9-23-18(2,3)10-14)20-11-13-6-4-5-7-15(13)17(20)22/h4-7,12,14H,8-11H2,1-3H3,(H,19,21)/t12-,14+/m0/s1. The lowest BCUT2D eigenvalue weighted by Gasteiger charge is -2.36. The molecule has 2 aliphatic rings. The van der Waals surface area contributed by atoms with Gasteiger partial charge >= 0.3 is 0 Å². The summed E-state index contributed by atoms with van der Waals surface area (Å²) in [5.41, 5.74) is 1.49. The molecule has 5 heteroatoms. The van der Waals surface area contributed by atoms with Crippen molar-refractivity contribution in [2.24, 2.45) is 0 Å². The minimum atomic E-state index is -0.471. The molecule has 2 amide bonds. The van der Waals surface area contributed by atoms with Crippen LogP contribution in [0.1, 0.15) is 49.5 Å². The summed E-state index contributed by atoms with van der Waals surface area (Å²) in [4.78, 5) is 26.7. The van der Waals surface area contributed by atoms with Crippen LogP contribution < -0.4 is 5.32 Å². The van der Waals surface area contributed by atoms with Crippen LogP contribution in [0.5, 0.6) is 0 Å². The first-order valence-electron chi connectivity index (χ1n) is 8.20. The summed E-state index contributed by atoms with van der Waals surface area (Å²) >= 11 is 0. The van der Waals surface area contributed by atoms with E-state index in [1.54, 1.807) is 11.8 Å². The predicted molar refractivity (Wildman–Crippen MR) is 87.0 cm³/mol. The number of carbonyl (C=O) groups excluding carboxylic acids is 2. The van der Waals surface area contributed by atoms with Crippen molar-refractivity contribution in [2.45, 2.75) is 57.8 Å². The molecule has 2 aliphatic heterocycles. The first-order valence-corrected chi connectivity index (χ1v) is 8.20. The van der Waals surface area contributed by atoms with E-state index < -0.39 is 6.04 Å². The predicted octanol–water partition coefficient (Wildman–Crippen LogP) is 2.10. The minimum Gasteiger partial charge on any atom is -0.375 e. The molecule has 3 rings (SSSR count). The summed E-state index contributed by atoms with van der Waals surface area (Å²) < 4.78 is 5.68. The van der Waals surface area contributed by atoms with Crippen LogP contribution >= 0.6 is 0 Å². The second-order valence-corrected chi connectivity index (χ2v) is 7.07. The zero-order chi connectivity index (χ0) is 16.6. The van der Waals surface area contributed by atoms with E-state index in [1.807, 2.05) is 38.1 Å². The molecule has 1 fully saturated rings. The molecule has 124 valence electrons. The van der Waals surface area contributed by atoms with E-state index in [-0.39, 0.29) is 23.5 Å². The van der Waals surface area contributed by atoms with Gasteiger partial charge in [0, 0.05) is 24.8 Å². The van der Waals surface area contributed by atoms with E-state index in [0.717, 1.165) is 18.4 Å². The molecule has 2 atom stereocenters. The third-order valence-electron chi connectivity index (χ3n) is 4.74. The number of benzene rings is 1. The van der Waals surface area contributed by atoms with Gasteiger partial charge < -0.3 is 15.0 Å². The van der Waals surface area contributed by atoms with Gasteiger partial charge in [-0.05, 0) is 45.2 Å². The molecule has 0 aliphatic carbocycles. The molecule has 0 spiro atoms. The number of carbonyl (C=O) groups is 2. The molecule has 0 radical (unpaired) electrons. The van der Waals surface area contributed by atoms with Gasteiger partial charge in [0.1, 0.15) is 6.04 Å². The van der Waals surface area contributed by atoms with E-state index in [2.05, 4.69) is 5.32 Å². The van der Waals surface area contributed by atoms with E-state index in [1.165, 1.54) is 0 Å². The van der Waals surface area contributed by atoms with Crippen LogP contribution in [0.25, 0.3) is 0 Å². The number of hydrogen-bond acceptors (Lipinski definition) is 3. The Kier molecular flexibility index (Phi) is 4.15. The molecule has 0 bridgehead atoms. The van der Waals surface area contributed by atoms with Crippen LogP contribution in [0.15, 0.2) is 24.3 Å². The molecule has 0 unspecified atom stereocenters. The quantitative estimate of drug-likeness (QED) is 0.929. The summed E-state index contributed by atoms with van der Waals surface area (Å²) in [6, 6.07) is 7.18. The van der Waals surface area contributed by atoms with Crippen LogP contribution in [-0.4, -0.2) is 41.0 Å². The summed E-state index contributed by atoms with van der Waals surface area (Å²) in [7, 11) is 0. The zero-order valence-electron chi connectivity index (χ0n) is 14.0. The lowest BCUT2D eigenvalue weighted by atomic mass is 9.94. The fourth-order valence-electron chi connectivity index (χ4n) is 3.41. The molecule has 23 heavy (non-hydrogen) atoms. The summed E-state index contributed by atoms with van der Waals surface area (Å²) in [5, 5.41) is 3.09. The number of nitrogens with one attached hydrogen (secondary N) is 1. The average molecular weight is 316 g/mol. The largest absolute Gasteiger partial charge is 0.375 e. The molecule has 0 aromatic heterocycles. The number of fused-ring (bicyclic) bond motifs is 1. The molecule has 1 aromatic carbocycles.